The van der Waals surface area contributed by atoms with Crippen molar-refractivity contribution in [3.8, 4) is 0 Å². The van der Waals surface area contributed by atoms with Crippen LogP contribution in [0.4, 0.5) is 0 Å². The second-order valence-corrected chi connectivity index (χ2v) is 11.6. The van der Waals surface area contributed by atoms with Crippen LogP contribution in [0.2, 0.25) is 0 Å². The van der Waals surface area contributed by atoms with E-state index in [1.807, 2.05) is 25.1 Å². The van der Waals surface area contributed by atoms with Gasteiger partial charge in [-0.1, -0.05) is 48.9 Å². The van der Waals surface area contributed by atoms with Crippen LogP contribution in [0.5, 0.6) is 0 Å². The highest BCUT2D eigenvalue weighted by atomic mass is 32.2. The van der Waals surface area contributed by atoms with Gasteiger partial charge in [0.2, 0.25) is 15.9 Å². The van der Waals surface area contributed by atoms with Crippen molar-refractivity contribution in [2.75, 3.05) is 45.8 Å². The highest BCUT2D eigenvalue weighted by molar-refractivity contribution is 7.89. The maximum absolute atomic E-state index is 12.9. The summed E-state index contributed by atoms with van der Waals surface area (Å²) in [5.74, 6) is -0.141. The molecular formula is C27H38N4O3S. The van der Waals surface area contributed by atoms with Crippen molar-refractivity contribution in [3.63, 3.8) is 0 Å². The van der Waals surface area contributed by atoms with Crippen molar-refractivity contribution in [1.29, 1.82) is 0 Å². The summed E-state index contributed by atoms with van der Waals surface area (Å²) in [6, 6.07) is 15.3. The first-order chi connectivity index (χ1) is 16.9. The summed E-state index contributed by atoms with van der Waals surface area (Å²) in [5, 5.41) is 3.12. The summed E-state index contributed by atoms with van der Waals surface area (Å²) in [6.45, 7) is 11.7. The molecule has 0 bridgehead atoms. The minimum Gasteiger partial charge on any atom is -0.352 e. The lowest BCUT2D eigenvalue weighted by Gasteiger charge is -2.34. The van der Waals surface area contributed by atoms with Crippen LogP contribution in [0, 0.1) is 12.8 Å². The Morgan fingerprint density at radius 3 is 2.11 bits per heavy atom. The van der Waals surface area contributed by atoms with Crippen LogP contribution in [0.15, 0.2) is 53.4 Å². The Morgan fingerprint density at radius 2 is 1.49 bits per heavy atom. The Labute approximate surface area is 210 Å². The summed E-state index contributed by atoms with van der Waals surface area (Å²) >= 11 is 0. The standard InChI is InChI=1S/C27H38N4O3S/c1-3-29-16-18-30(19-17-29)21-25-7-5-4-6-24(25)20-28-27(32)23-12-14-31(15-13-23)35(33,34)26-10-8-22(2)9-11-26/h4-11,23H,3,12-21H2,1-2H3,(H,28,32). The number of likely N-dealkylation sites (N-methyl/N-ethyl adjacent to an activating group) is 1. The Hall–Kier alpha value is -2.26. The average molecular weight is 499 g/mol. The largest absolute Gasteiger partial charge is 0.352 e. The zero-order valence-corrected chi connectivity index (χ0v) is 21.8. The van der Waals surface area contributed by atoms with E-state index in [4.69, 9.17) is 0 Å². The number of piperazine rings is 1. The van der Waals surface area contributed by atoms with Crippen molar-refractivity contribution < 1.29 is 13.2 Å². The van der Waals surface area contributed by atoms with E-state index in [1.54, 1.807) is 12.1 Å². The average Bonchev–Trinajstić information content (AvgIpc) is 2.89. The SMILES string of the molecule is CCN1CCN(Cc2ccccc2CNC(=O)C2CCN(S(=O)(=O)c3ccc(C)cc3)CC2)CC1. The molecule has 2 aliphatic rings. The monoisotopic (exact) mass is 498 g/mol. The fourth-order valence-electron chi connectivity index (χ4n) is 4.93. The highest BCUT2D eigenvalue weighted by Gasteiger charge is 2.32. The van der Waals surface area contributed by atoms with E-state index in [0.29, 0.717) is 37.4 Å². The third-order valence-corrected chi connectivity index (χ3v) is 9.27. The molecule has 0 atom stereocenters. The number of rotatable bonds is 8. The minimum absolute atomic E-state index is 0.0174. The number of hydrogen-bond acceptors (Lipinski definition) is 5. The van der Waals surface area contributed by atoms with E-state index in [1.165, 1.54) is 9.87 Å². The second-order valence-electron chi connectivity index (χ2n) is 9.69. The zero-order chi connectivity index (χ0) is 24.8. The molecule has 0 aromatic heterocycles. The molecule has 190 valence electrons. The molecule has 2 aromatic rings. The van der Waals surface area contributed by atoms with E-state index in [0.717, 1.165) is 50.4 Å². The van der Waals surface area contributed by atoms with E-state index in [2.05, 4.69) is 40.2 Å². The van der Waals surface area contributed by atoms with Crippen LogP contribution in [-0.2, 0) is 27.9 Å². The molecule has 2 fully saturated rings. The third-order valence-electron chi connectivity index (χ3n) is 7.36. The number of nitrogens with one attached hydrogen (secondary N) is 1. The van der Waals surface area contributed by atoms with Gasteiger partial charge in [0.15, 0.2) is 0 Å². The molecule has 0 radical (unpaired) electrons. The first kappa shape index (κ1) is 25.8. The van der Waals surface area contributed by atoms with Gasteiger partial charge in [0, 0.05) is 58.3 Å². The maximum Gasteiger partial charge on any atom is 0.243 e. The number of aryl methyl sites for hydroxylation is 1. The van der Waals surface area contributed by atoms with Crippen LogP contribution in [0.3, 0.4) is 0 Å². The van der Waals surface area contributed by atoms with Gasteiger partial charge in [-0.3, -0.25) is 9.69 Å². The normalized spacial score (nSPS) is 19.0. The first-order valence-corrected chi connectivity index (χ1v) is 14.2. The number of nitrogens with zero attached hydrogens (tertiary/aromatic N) is 3. The van der Waals surface area contributed by atoms with Crippen LogP contribution in [0.1, 0.15) is 36.5 Å². The molecule has 2 aromatic carbocycles. The summed E-state index contributed by atoms with van der Waals surface area (Å²) < 4.78 is 27.4. The Bertz CT molecular complexity index is 1090. The van der Waals surface area contributed by atoms with Crippen molar-refractivity contribution >= 4 is 15.9 Å². The molecule has 0 aliphatic carbocycles. The van der Waals surface area contributed by atoms with Crippen molar-refractivity contribution in [3.05, 3.63) is 65.2 Å². The van der Waals surface area contributed by atoms with Gasteiger partial charge >= 0.3 is 0 Å². The van der Waals surface area contributed by atoms with Gasteiger partial charge < -0.3 is 10.2 Å². The molecule has 2 aliphatic heterocycles. The van der Waals surface area contributed by atoms with E-state index in [-0.39, 0.29) is 11.8 Å². The Kier molecular flexibility index (Phi) is 8.59. The van der Waals surface area contributed by atoms with Crippen molar-refractivity contribution in [1.82, 2.24) is 19.4 Å². The van der Waals surface area contributed by atoms with Gasteiger partial charge in [0.1, 0.15) is 0 Å². The highest BCUT2D eigenvalue weighted by Crippen LogP contribution is 2.24. The molecule has 7 nitrogen and oxygen atoms in total. The minimum atomic E-state index is -3.51. The summed E-state index contributed by atoms with van der Waals surface area (Å²) in [4.78, 5) is 18.2. The van der Waals surface area contributed by atoms with Crippen LogP contribution >= 0.6 is 0 Å². The number of benzene rings is 2. The molecule has 0 spiro atoms. The summed E-state index contributed by atoms with van der Waals surface area (Å²) in [6.07, 6.45) is 1.08. The summed E-state index contributed by atoms with van der Waals surface area (Å²) in [7, 11) is -3.51. The molecular weight excluding hydrogens is 460 g/mol. The number of piperidine rings is 1. The lowest BCUT2D eigenvalue weighted by atomic mass is 9.97. The molecule has 8 heteroatoms. The second kappa shape index (κ2) is 11.6. The number of amides is 1. The van der Waals surface area contributed by atoms with Crippen molar-refractivity contribution in [2.45, 2.75) is 44.7 Å². The van der Waals surface area contributed by atoms with Gasteiger partial charge in [0.25, 0.3) is 0 Å². The van der Waals surface area contributed by atoms with Crippen LogP contribution in [-0.4, -0.2) is 74.2 Å². The van der Waals surface area contributed by atoms with E-state index >= 15 is 0 Å². The fraction of sp³-hybridized carbons (Fsp3) is 0.519. The van der Waals surface area contributed by atoms with Crippen LogP contribution in [0.25, 0.3) is 0 Å². The maximum atomic E-state index is 12.9. The molecule has 1 amide bonds. The quantitative estimate of drug-likeness (QED) is 0.606. The van der Waals surface area contributed by atoms with Crippen molar-refractivity contribution in [2.24, 2.45) is 5.92 Å². The smallest absolute Gasteiger partial charge is 0.243 e. The number of carbonyl (C=O) groups excluding carboxylic acids is 1. The number of hydrogen-bond donors (Lipinski definition) is 1. The summed E-state index contributed by atoms with van der Waals surface area (Å²) in [5.41, 5.74) is 3.44. The Balaban J connectivity index is 1.28. The van der Waals surface area contributed by atoms with Crippen LogP contribution < -0.4 is 5.32 Å². The molecule has 35 heavy (non-hydrogen) atoms. The van der Waals surface area contributed by atoms with Gasteiger partial charge in [-0.25, -0.2) is 8.42 Å². The third kappa shape index (κ3) is 6.50. The van der Waals surface area contributed by atoms with Gasteiger partial charge in [-0.05, 0) is 49.6 Å². The number of carbonyl (C=O) groups is 1. The predicted octanol–water partition coefficient (Wildman–Crippen LogP) is 2.85. The van der Waals surface area contributed by atoms with E-state index < -0.39 is 10.0 Å². The first-order valence-electron chi connectivity index (χ1n) is 12.7. The van der Waals surface area contributed by atoms with E-state index in [9.17, 15) is 13.2 Å². The molecule has 0 unspecified atom stereocenters. The van der Waals surface area contributed by atoms with Gasteiger partial charge in [0.05, 0.1) is 4.90 Å². The fourth-order valence-corrected chi connectivity index (χ4v) is 6.40. The van der Waals surface area contributed by atoms with Gasteiger partial charge in [-0.2, -0.15) is 4.31 Å². The lowest BCUT2D eigenvalue weighted by Crippen LogP contribution is -2.45. The molecule has 2 saturated heterocycles. The number of sulfonamides is 1. The topological polar surface area (TPSA) is 73.0 Å². The Morgan fingerprint density at radius 1 is 0.886 bits per heavy atom. The molecule has 0 saturated carbocycles. The molecule has 4 rings (SSSR count). The molecule has 1 N–H and O–H groups in total. The van der Waals surface area contributed by atoms with Gasteiger partial charge in [-0.15, -0.1) is 0 Å². The zero-order valence-electron chi connectivity index (χ0n) is 20.9. The predicted molar refractivity (Wildman–Crippen MR) is 138 cm³/mol. The molecule has 2 heterocycles. The lowest BCUT2D eigenvalue weighted by molar-refractivity contribution is -0.126.